The minimum absolute atomic E-state index is 0.297. The minimum atomic E-state index is -0.393. The van der Waals surface area contributed by atoms with E-state index in [0.717, 1.165) is 0 Å². The number of nitrogens with zero attached hydrogens (tertiary/aromatic N) is 3. The molecule has 0 amide bonds. The Bertz CT molecular complexity index is 675. The van der Waals surface area contributed by atoms with Crippen molar-refractivity contribution < 1.29 is 9.53 Å². The second-order valence-electron chi connectivity index (χ2n) is 4.02. The first-order chi connectivity index (χ1) is 9.62. The molecule has 1 aromatic carbocycles. The van der Waals surface area contributed by atoms with Crippen LogP contribution >= 0.6 is 0 Å². The van der Waals surface area contributed by atoms with E-state index in [-0.39, 0.29) is 0 Å². The van der Waals surface area contributed by atoms with Gasteiger partial charge in [-0.25, -0.2) is 14.8 Å². The van der Waals surface area contributed by atoms with Crippen molar-refractivity contribution in [3.05, 3.63) is 47.3 Å². The Morgan fingerprint density at radius 1 is 1.30 bits per heavy atom. The van der Waals surface area contributed by atoms with Crippen LogP contribution < -0.4 is 5.32 Å². The van der Waals surface area contributed by atoms with Crippen LogP contribution in [0.4, 0.5) is 11.6 Å². The van der Waals surface area contributed by atoms with E-state index in [1.807, 2.05) is 6.07 Å². The largest absolute Gasteiger partial charge is 0.465 e. The van der Waals surface area contributed by atoms with Crippen molar-refractivity contribution in [2.24, 2.45) is 0 Å². The predicted molar refractivity (Wildman–Crippen MR) is 72.5 cm³/mol. The second kappa shape index (κ2) is 5.80. The lowest BCUT2D eigenvalue weighted by molar-refractivity contribution is 0.0601. The van der Waals surface area contributed by atoms with Crippen molar-refractivity contribution in [2.75, 3.05) is 12.4 Å². The lowest BCUT2D eigenvalue weighted by atomic mass is 10.2. The van der Waals surface area contributed by atoms with Crippen molar-refractivity contribution in [3.8, 4) is 6.07 Å². The maximum atomic E-state index is 11.3. The number of benzene rings is 1. The molecule has 0 saturated heterocycles. The highest BCUT2D eigenvalue weighted by atomic mass is 16.5. The first-order valence-corrected chi connectivity index (χ1v) is 5.83. The summed E-state index contributed by atoms with van der Waals surface area (Å²) >= 11 is 0. The zero-order valence-corrected chi connectivity index (χ0v) is 11.0. The van der Waals surface area contributed by atoms with Gasteiger partial charge >= 0.3 is 5.97 Å². The number of aromatic nitrogens is 2. The molecule has 2 aromatic rings. The normalized spacial score (nSPS) is 9.65. The van der Waals surface area contributed by atoms with Crippen molar-refractivity contribution >= 4 is 17.6 Å². The van der Waals surface area contributed by atoms with E-state index >= 15 is 0 Å². The molecule has 0 aliphatic rings. The molecule has 20 heavy (non-hydrogen) atoms. The van der Waals surface area contributed by atoms with Crippen LogP contribution in [0, 0.1) is 18.3 Å². The molecular formula is C14H12N4O2. The van der Waals surface area contributed by atoms with Gasteiger partial charge in [-0.15, -0.1) is 0 Å². The Hall–Kier alpha value is -2.94. The molecule has 0 radical (unpaired) electrons. The highest BCUT2D eigenvalue weighted by Crippen LogP contribution is 2.15. The van der Waals surface area contributed by atoms with Gasteiger partial charge in [0.2, 0.25) is 5.95 Å². The standard InChI is InChI=1S/C14H12N4O2/c1-9-7-12(8-15)18-14(16-9)17-11-5-3-10(4-6-11)13(19)20-2/h3-7H,1-2H3,(H,16,17,18). The quantitative estimate of drug-likeness (QED) is 0.858. The Labute approximate surface area is 116 Å². The predicted octanol–water partition coefficient (Wildman–Crippen LogP) is 2.19. The highest BCUT2D eigenvalue weighted by molar-refractivity contribution is 5.89. The SMILES string of the molecule is COC(=O)c1ccc(Nc2nc(C)cc(C#N)n2)cc1. The summed E-state index contributed by atoms with van der Waals surface area (Å²) in [5.74, 6) is -0.0532. The van der Waals surface area contributed by atoms with Crippen molar-refractivity contribution in [1.29, 1.82) is 5.26 Å². The summed E-state index contributed by atoms with van der Waals surface area (Å²) in [6, 6.07) is 10.3. The van der Waals surface area contributed by atoms with E-state index in [9.17, 15) is 4.79 Å². The smallest absolute Gasteiger partial charge is 0.337 e. The highest BCUT2D eigenvalue weighted by Gasteiger charge is 2.06. The fraction of sp³-hybridized carbons (Fsp3) is 0.143. The Morgan fingerprint density at radius 2 is 2.00 bits per heavy atom. The number of ether oxygens (including phenoxy) is 1. The van der Waals surface area contributed by atoms with Gasteiger partial charge < -0.3 is 10.1 Å². The van der Waals surface area contributed by atoms with E-state index in [1.54, 1.807) is 37.3 Å². The van der Waals surface area contributed by atoms with E-state index in [0.29, 0.717) is 28.6 Å². The van der Waals surface area contributed by atoms with Crippen LogP contribution in [0.5, 0.6) is 0 Å². The topological polar surface area (TPSA) is 87.9 Å². The molecule has 0 fully saturated rings. The van der Waals surface area contributed by atoms with Gasteiger partial charge in [-0.3, -0.25) is 0 Å². The Morgan fingerprint density at radius 3 is 2.60 bits per heavy atom. The number of carbonyl (C=O) groups is 1. The number of nitriles is 1. The third-order valence-electron chi connectivity index (χ3n) is 2.53. The van der Waals surface area contributed by atoms with Crippen LogP contribution in [0.15, 0.2) is 30.3 Å². The number of anilines is 2. The molecule has 0 atom stereocenters. The van der Waals surface area contributed by atoms with Crippen molar-refractivity contribution in [1.82, 2.24) is 9.97 Å². The number of hydrogen-bond acceptors (Lipinski definition) is 6. The molecule has 0 aliphatic heterocycles. The molecular weight excluding hydrogens is 256 g/mol. The number of esters is 1. The van der Waals surface area contributed by atoms with Gasteiger partial charge in [-0.2, -0.15) is 5.26 Å². The van der Waals surface area contributed by atoms with Gasteiger partial charge in [-0.1, -0.05) is 0 Å². The summed E-state index contributed by atoms with van der Waals surface area (Å²) in [5.41, 5.74) is 2.17. The molecule has 100 valence electrons. The molecule has 1 N–H and O–H groups in total. The molecule has 0 unspecified atom stereocenters. The van der Waals surface area contributed by atoms with Crippen LogP contribution in [-0.4, -0.2) is 23.0 Å². The maximum absolute atomic E-state index is 11.3. The monoisotopic (exact) mass is 268 g/mol. The molecule has 6 heteroatoms. The molecule has 1 aromatic heterocycles. The van der Waals surface area contributed by atoms with Gasteiger partial charge in [0.05, 0.1) is 12.7 Å². The summed E-state index contributed by atoms with van der Waals surface area (Å²) in [4.78, 5) is 19.5. The number of methoxy groups -OCH3 is 1. The fourth-order valence-corrected chi connectivity index (χ4v) is 1.62. The van der Waals surface area contributed by atoms with Crippen LogP contribution in [0.1, 0.15) is 21.7 Å². The molecule has 6 nitrogen and oxygen atoms in total. The summed E-state index contributed by atoms with van der Waals surface area (Å²) in [7, 11) is 1.33. The summed E-state index contributed by atoms with van der Waals surface area (Å²) < 4.78 is 4.62. The van der Waals surface area contributed by atoms with E-state index in [1.165, 1.54) is 7.11 Å². The number of hydrogen-bond donors (Lipinski definition) is 1. The lowest BCUT2D eigenvalue weighted by Crippen LogP contribution is -2.02. The van der Waals surface area contributed by atoms with E-state index < -0.39 is 5.97 Å². The summed E-state index contributed by atoms with van der Waals surface area (Å²) in [6.45, 7) is 1.79. The maximum Gasteiger partial charge on any atom is 0.337 e. The zero-order chi connectivity index (χ0) is 14.5. The van der Waals surface area contributed by atoms with Gasteiger partial charge in [0.15, 0.2) is 0 Å². The Kier molecular flexibility index (Phi) is 3.91. The average Bonchev–Trinajstić information content (AvgIpc) is 2.46. The van der Waals surface area contributed by atoms with Crippen LogP contribution in [0.3, 0.4) is 0 Å². The van der Waals surface area contributed by atoms with Crippen LogP contribution in [0.25, 0.3) is 0 Å². The first kappa shape index (κ1) is 13.5. The van der Waals surface area contributed by atoms with E-state index in [4.69, 9.17) is 5.26 Å². The van der Waals surface area contributed by atoms with Gasteiger partial charge in [0.25, 0.3) is 0 Å². The summed E-state index contributed by atoms with van der Waals surface area (Å²) in [6.07, 6.45) is 0. The van der Waals surface area contributed by atoms with Crippen LogP contribution in [-0.2, 0) is 4.74 Å². The van der Waals surface area contributed by atoms with E-state index in [2.05, 4.69) is 20.0 Å². The minimum Gasteiger partial charge on any atom is -0.465 e. The second-order valence-corrected chi connectivity index (χ2v) is 4.02. The average molecular weight is 268 g/mol. The number of carbonyl (C=O) groups excluding carboxylic acids is 1. The van der Waals surface area contributed by atoms with Gasteiger partial charge in [0, 0.05) is 11.4 Å². The van der Waals surface area contributed by atoms with Crippen LogP contribution in [0.2, 0.25) is 0 Å². The molecule has 2 rings (SSSR count). The molecule has 1 heterocycles. The molecule has 0 saturated carbocycles. The molecule has 0 bridgehead atoms. The van der Waals surface area contributed by atoms with Crippen molar-refractivity contribution in [3.63, 3.8) is 0 Å². The molecule has 0 aliphatic carbocycles. The summed E-state index contributed by atoms with van der Waals surface area (Å²) in [5, 5.41) is 11.8. The third kappa shape index (κ3) is 3.09. The zero-order valence-electron chi connectivity index (χ0n) is 11.0. The van der Waals surface area contributed by atoms with Gasteiger partial charge in [0.1, 0.15) is 11.8 Å². The lowest BCUT2D eigenvalue weighted by Gasteiger charge is -2.06. The Balaban J connectivity index is 2.20. The van der Waals surface area contributed by atoms with Crippen molar-refractivity contribution in [2.45, 2.75) is 6.92 Å². The third-order valence-corrected chi connectivity index (χ3v) is 2.53. The first-order valence-electron chi connectivity index (χ1n) is 5.83. The number of nitrogens with one attached hydrogen (secondary N) is 1. The number of rotatable bonds is 3. The molecule has 0 spiro atoms. The fourth-order valence-electron chi connectivity index (χ4n) is 1.62. The van der Waals surface area contributed by atoms with Gasteiger partial charge in [-0.05, 0) is 37.3 Å². The number of aryl methyl sites for hydroxylation is 1.